The number of hydrogen-bond acceptors (Lipinski definition) is 4. The van der Waals surface area contributed by atoms with E-state index in [4.69, 9.17) is 9.47 Å². The summed E-state index contributed by atoms with van der Waals surface area (Å²) >= 11 is 3.45. The number of carbonyl (C=O) groups is 2. The largest absolute Gasteiger partial charge is 0.460 e. The van der Waals surface area contributed by atoms with Crippen molar-refractivity contribution < 1.29 is 19.1 Å². The van der Waals surface area contributed by atoms with Crippen molar-refractivity contribution in [2.45, 2.75) is 19.3 Å². The fraction of sp³-hybridized carbons (Fsp3) is 0.429. The van der Waals surface area contributed by atoms with E-state index in [-0.39, 0.29) is 6.61 Å². The molecule has 1 atom stereocenters. The maximum atomic E-state index is 11.8. The minimum absolute atomic E-state index is 0.198. The summed E-state index contributed by atoms with van der Waals surface area (Å²) in [5, 5.41) is 0. The monoisotopic (exact) mass is 326 g/mol. The van der Waals surface area contributed by atoms with E-state index < -0.39 is 11.8 Å². The van der Waals surface area contributed by atoms with E-state index >= 15 is 0 Å². The van der Waals surface area contributed by atoms with Gasteiger partial charge in [-0.25, -0.2) is 4.79 Å². The van der Waals surface area contributed by atoms with E-state index in [9.17, 15) is 9.59 Å². The maximum Gasteiger partial charge on any atom is 0.379 e. The molecular weight excluding hydrogens is 312 g/mol. The molecule has 0 saturated carbocycles. The minimum atomic E-state index is -0.814. The van der Waals surface area contributed by atoms with Crippen LogP contribution in [0.2, 0.25) is 0 Å². The molecule has 1 saturated heterocycles. The second-order valence-corrected chi connectivity index (χ2v) is 5.20. The van der Waals surface area contributed by atoms with Crippen molar-refractivity contribution in [3.63, 3.8) is 0 Å². The molecular formula is C14H15BrO4. The molecule has 102 valence electrons. The van der Waals surface area contributed by atoms with Gasteiger partial charge in [-0.3, -0.25) is 4.79 Å². The number of ether oxygens (including phenoxy) is 2. The Morgan fingerprint density at radius 2 is 2.26 bits per heavy atom. The van der Waals surface area contributed by atoms with Gasteiger partial charge in [-0.1, -0.05) is 28.1 Å². The highest BCUT2D eigenvalue weighted by Crippen LogP contribution is 2.31. The van der Waals surface area contributed by atoms with Crippen LogP contribution < -0.4 is 0 Å². The summed E-state index contributed by atoms with van der Waals surface area (Å²) in [6, 6.07) is 5.21. The van der Waals surface area contributed by atoms with Crippen molar-refractivity contribution in [2.24, 2.45) is 0 Å². The van der Waals surface area contributed by atoms with Gasteiger partial charge in [0, 0.05) is 22.6 Å². The topological polar surface area (TPSA) is 52.6 Å². The first-order chi connectivity index (χ1) is 9.13. The van der Waals surface area contributed by atoms with Crippen molar-refractivity contribution in [1.82, 2.24) is 0 Å². The summed E-state index contributed by atoms with van der Waals surface area (Å²) in [5.74, 6) is -1.08. The maximum absolute atomic E-state index is 11.8. The first-order valence-corrected chi connectivity index (χ1v) is 7.01. The van der Waals surface area contributed by atoms with E-state index in [2.05, 4.69) is 15.9 Å². The molecule has 5 heteroatoms. The average molecular weight is 327 g/mol. The number of hydrogen-bond donors (Lipinski definition) is 0. The average Bonchev–Trinajstić information content (AvgIpc) is 2.91. The highest BCUT2D eigenvalue weighted by molar-refractivity contribution is 9.10. The van der Waals surface area contributed by atoms with Crippen LogP contribution in [0, 0.1) is 0 Å². The molecule has 1 aliphatic rings. The van der Waals surface area contributed by atoms with Crippen molar-refractivity contribution in [1.29, 1.82) is 0 Å². The fourth-order valence-corrected chi connectivity index (χ4v) is 2.80. The summed E-state index contributed by atoms with van der Waals surface area (Å²) in [4.78, 5) is 23.2. The number of rotatable bonds is 4. The number of halogens is 1. The molecule has 0 radical (unpaired) electrons. The van der Waals surface area contributed by atoms with E-state index in [0.717, 1.165) is 23.1 Å². The summed E-state index contributed by atoms with van der Waals surface area (Å²) in [6.45, 7) is 3.33. The molecule has 0 bridgehead atoms. The fourth-order valence-electron chi connectivity index (χ4n) is 2.09. The molecule has 0 aromatic heterocycles. The Bertz CT molecular complexity index is 492. The SMILES string of the molecule is CCOC(=O)C(=O)c1ccc(C2CCOC2)c(Br)c1. The molecule has 1 aromatic carbocycles. The Morgan fingerprint density at radius 1 is 1.47 bits per heavy atom. The predicted octanol–water partition coefficient (Wildman–Crippen LogP) is 2.70. The van der Waals surface area contributed by atoms with E-state index in [1.165, 1.54) is 0 Å². The molecule has 19 heavy (non-hydrogen) atoms. The molecule has 1 heterocycles. The van der Waals surface area contributed by atoms with Crippen LogP contribution >= 0.6 is 15.9 Å². The summed E-state index contributed by atoms with van der Waals surface area (Å²) in [5.41, 5.74) is 1.45. The molecule has 0 spiro atoms. The lowest BCUT2D eigenvalue weighted by Crippen LogP contribution is -2.17. The zero-order valence-corrected chi connectivity index (χ0v) is 12.2. The van der Waals surface area contributed by atoms with Gasteiger partial charge in [0.05, 0.1) is 13.2 Å². The smallest absolute Gasteiger partial charge is 0.379 e. The van der Waals surface area contributed by atoms with Gasteiger partial charge in [-0.15, -0.1) is 0 Å². The zero-order chi connectivity index (χ0) is 13.8. The van der Waals surface area contributed by atoms with E-state index in [0.29, 0.717) is 18.1 Å². The Labute approximate surface area is 120 Å². The number of Topliss-reactive ketones (excluding diaryl/α,β-unsaturated/α-hetero) is 1. The minimum Gasteiger partial charge on any atom is -0.460 e. The van der Waals surface area contributed by atoms with Crippen LogP contribution in [0.5, 0.6) is 0 Å². The lowest BCUT2D eigenvalue weighted by Gasteiger charge is -2.11. The normalized spacial score (nSPS) is 18.3. The van der Waals surface area contributed by atoms with E-state index in [1.807, 2.05) is 6.07 Å². The van der Waals surface area contributed by atoms with Crippen LogP contribution in [-0.2, 0) is 14.3 Å². The quantitative estimate of drug-likeness (QED) is 0.485. The molecule has 0 amide bonds. The van der Waals surface area contributed by atoms with Crippen molar-refractivity contribution in [3.8, 4) is 0 Å². The Hall–Kier alpha value is -1.20. The van der Waals surface area contributed by atoms with Crippen molar-refractivity contribution >= 4 is 27.7 Å². The molecule has 1 unspecified atom stereocenters. The first-order valence-electron chi connectivity index (χ1n) is 6.22. The lowest BCUT2D eigenvalue weighted by molar-refractivity contribution is -0.137. The highest BCUT2D eigenvalue weighted by atomic mass is 79.9. The van der Waals surface area contributed by atoms with Crippen LogP contribution in [0.15, 0.2) is 22.7 Å². The Balaban J connectivity index is 2.18. The molecule has 2 rings (SSSR count). The van der Waals surface area contributed by atoms with Gasteiger partial charge in [0.1, 0.15) is 0 Å². The predicted molar refractivity (Wildman–Crippen MR) is 73.3 cm³/mol. The van der Waals surface area contributed by atoms with Crippen LogP contribution in [0.1, 0.15) is 35.2 Å². The number of ketones is 1. The standard InChI is InChI=1S/C14H15BrO4/c1-2-19-14(17)13(16)9-3-4-11(12(15)7-9)10-5-6-18-8-10/h3-4,7,10H,2,5-6,8H2,1H3. The molecule has 4 nitrogen and oxygen atoms in total. The highest BCUT2D eigenvalue weighted by Gasteiger charge is 2.22. The third kappa shape index (κ3) is 3.22. The van der Waals surface area contributed by atoms with Gasteiger partial charge < -0.3 is 9.47 Å². The van der Waals surface area contributed by atoms with Crippen LogP contribution in [0.4, 0.5) is 0 Å². The number of carbonyl (C=O) groups excluding carboxylic acids is 2. The van der Waals surface area contributed by atoms with Crippen LogP contribution in [0.25, 0.3) is 0 Å². The van der Waals surface area contributed by atoms with Gasteiger partial charge in [0.2, 0.25) is 0 Å². The second-order valence-electron chi connectivity index (χ2n) is 4.35. The second kappa shape index (κ2) is 6.30. The molecule has 0 N–H and O–H groups in total. The Morgan fingerprint density at radius 3 is 2.84 bits per heavy atom. The van der Waals surface area contributed by atoms with Crippen LogP contribution in [-0.4, -0.2) is 31.6 Å². The number of esters is 1. The van der Waals surface area contributed by atoms with E-state index in [1.54, 1.807) is 19.1 Å². The first kappa shape index (κ1) is 14.2. The zero-order valence-electron chi connectivity index (χ0n) is 10.6. The Kier molecular flexibility index (Phi) is 4.71. The molecule has 1 aromatic rings. The van der Waals surface area contributed by atoms with Gasteiger partial charge in [0.25, 0.3) is 5.78 Å². The molecule has 1 fully saturated rings. The van der Waals surface area contributed by atoms with Gasteiger partial charge in [-0.2, -0.15) is 0 Å². The van der Waals surface area contributed by atoms with Crippen molar-refractivity contribution in [3.05, 3.63) is 33.8 Å². The summed E-state index contributed by atoms with van der Waals surface area (Å²) in [7, 11) is 0. The number of benzene rings is 1. The third-order valence-electron chi connectivity index (χ3n) is 3.09. The summed E-state index contributed by atoms with van der Waals surface area (Å²) in [6.07, 6.45) is 0.976. The van der Waals surface area contributed by atoms with Crippen LogP contribution in [0.3, 0.4) is 0 Å². The third-order valence-corrected chi connectivity index (χ3v) is 3.78. The molecule has 0 aliphatic carbocycles. The summed E-state index contributed by atoms with van der Waals surface area (Å²) < 4.78 is 10.9. The van der Waals surface area contributed by atoms with Gasteiger partial charge in [0.15, 0.2) is 0 Å². The molecule has 1 aliphatic heterocycles. The van der Waals surface area contributed by atoms with Crippen molar-refractivity contribution in [2.75, 3.05) is 19.8 Å². The lowest BCUT2D eigenvalue weighted by atomic mass is 9.96. The van der Waals surface area contributed by atoms with Gasteiger partial charge >= 0.3 is 5.97 Å². The van der Waals surface area contributed by atoms with Gasteiger partial charge in [-0.05, 0) is 25.0 Å².